The van der Waals surface area contributed by atoms with E-state index >= 15 is 0 Å². The van der Waals surface area contributed by atoms with Gasteiger partial charge in [-0.1, -0.05) is 5.16 Å². The van der Waals surface area contributed by atoms with E-state index in [9.17, 15) is 4.79 Å². The number of hydrogen-bond acceptors (Lipinski definition) is 4. The van der Waals surface area contributed by atoms with Gasteiger partial charge in [-0.15, -0.1) is 0 Å². The highest BCUT2D eigenvalue weighted by atomic mass is 16.5. The summed E-state index contributed by atoms with van der Waals surface area (Å²) >= 11 is 0. The minimum atomic E-state index is -0.134. The molecule has 5 nitrogen and oxygen atoms in total. The van der Waals surface area contributed by atoms with Crippen LogP contribution in [-0.2, 0) is 0 Å². The molecule has 1 heterocycles. The first-order valence-electron chi connectivity index (χ1n) is 5.90. The van der Waals surface area contributed by atoms with Crippen molar-refractivity contribution in [2.45, 2.75) is 33.1 Å². The van der Waals surface area contributed by atoms with Gasteiger partial charge in [0, 0.05) is 13.2 Å². The summed E-state index contributed by atoms with van der Waals surface area (Å²) in [6.45, 7) is 4.29. The molecule has 0 bridgehead atoms. The Hall–Kier alpha value is -1.36. The van der Waals surface area contributed by atoms with Crippen molar-refractivity contribution in [1.29, 1.82) is 0 Å². The lowest BCUT2D eigenvalue weighted by Crippen LogP contribution is -2.31. The minimum absolute atomic E-state index is 0.128. The quantitative estimate of drug-likeness (QED) is 0.807. The SMILES string of the molecule is Cc1noc(C)c1C(=O)NCC1(CCO)CC1. The van der Waals surface area contributed by atoms with E-state index in [0.29, 0.717) is 23.6 Å². The highest BCUT2D eigenvalue weighted by Crippen LogP contribution is 2.47. The summed E-state index contributed by atoms with van der Waals surface area (Å²) in [5.74, 6) is 0.414. The normalized spacial score (nSPS) is 16.9. The first-order chi connectivity index (χ1) is 8.08. The summed E-state index contributed by atoms with van der Waals surface area (Å²) in [4.78, 5) is 12.0. The molecule has 0 aromatic carbocycles. The van der Waals surface area contributed by atoms with Gasteiger partial charge in [0.1, 0.15) is 11.3 Å². The standard InChI is InChI=1S/C12H18N2O3/c1-8-10(9(2)17-14-8)11(16)13-7-12(3-4-12)5-6-15/h15H,3-7H2,1-2H3,(H,13,16). The zero-order valence-electron chi connectivity index (χ0n) is 10.2. The van der Waals surface area contributed by atoms with E-state index in [1.54, 1.807) is 13.8 Å². The second-order valence-corrected chi connectivity index (χ2v) is 4.86. The van der Waals surface area contributed by atoms with E-state index in [1.165, 1.54) is 0 Å². The van der Waals surface area contributed by atoms with Crippen molar-refractivity contribution in [3.05, 3.63) is 17.0 Å². The molecule has 17 heavy (non-hydrogen) atoms. The number of carbonyl (C=O) groups excluding carboxylic acids is 1. The monoisotopic (exact) mass is 238 g/mol. The van der Waals surface area contributed by atoms with E-state index in [4.69, 9.17) is 9.63 Å². The van der Waals surface area contributed by atoms with Gasteiger partial charge >= 0.3 is 0 Å². The third-order valence-corrected chi connectivity index (χ3v) is 3.48. The van der Waals surface area contributed by atoms with Crippen LogP contribution in [0.4, 0.5) is 0 Å². The van der Waals surface area contributed by atoms with E-state index < -0.39 is 0 Å². The number of aliphatic hydroxyl groups excluding tert-OH is 1. The van der Waals surface area contributed by atoms with Crippen molar-refractivity contribution in [3.63, 3.8) is 0 Å². The van der Waals surface area contributed by atoms with Gasteiger partial charge in [0.25, 0.3) is 5.91 Å². The lowest BCUT2D eigenvalue weighted by Gasteiger charge is -2.14. The molecular weight excluding hydrogens is 220 g/mol. The first kappa shape index (κ1) is 12.1. The van der Waals surface area contributed by atoms with Crippen LogP contribution in [0.25, 0.3) is 0 Å². The van der Waals surface area contributed by atoms with E-state index in [1.807, 2.05) is 0 Å². The smallest absolute Gasteiger partial charge is 0.256 e. The Morgan fingerprint density at radius 2 is 2.24 bits per heavy atom. The van der Waals surface area contributed by atoms with Gasteiger partial charge in [0.15, 0.2) is 0 Å². The molecule has 1 aliphatic rings. The number of rotatable bonds is 5. The maximum absolute atomic E-state index is 12.0. The van der Waals surface area contributed by atoms with Gasteiger partial charge in [-0.2, -0.15) is 0 Å². The van der Waals surface area contributed by atoms with Crippen molar-refractivity contribution in [3.8, 4) is 0 Å². The number of amides is 1. The lowest BCUT2D eigenvalue weighted by molar-refractivity contribution is 0.0938. The van der Waals surface area contributed by atoms with Gasteiger partial charge < -0.3 is 14.9 Å². The molecule has 0 spiro atoms. The van der Waals surface area contributed by atoms with E-state index in [-0.39, 0.29) is 17.9 Å². The predicted molar refractivity (Wildman–Crippen MR) is 61.7 cm³/mol. The Labute approximate surface area is 100 Å². The summed E-state index contributed by atoms with van der Waals surface area (Å²) < 4.78 is 4.96. The fourth-order valence-corrected chi connectivity index (χ4v) is 2.09. The zero-order chi connectivity index (χ0) is 12.5. The Morgan fingerprint density at radius 3 is 2.71 bits per heavy atom. The summed E-state index contributed by atoms with van der Waals surface area (Å²) in [6, 6.07) is 0. The molecular formula is C12H18N2O3. The van der Waals surface area contributed by atoms with Crippen LogP contribution in [0.15, 0.2) is 4.52 Å². The third-order valence-electron chi connectivity index (χ3n) is 3.48. The van der Waals surface area contributed by atoms with Gasteiger partial charge in [-0.25, -0.2) is 0 Å². The van der Waals surface area contributed by atoms with E-state index in [2.05, 4.69) is 10.5 Å². The molecule has 2 N–H and O–H groups in total. The van der Waals surface area contributed by atoms with Gasteiger partial charge in [0.05, 0.1) is 5.69 Å². The Kier molecular flexibility index (Phi) is 3.19. The van der Waals surface area contributed by atoms with Crippen LogP contribution in [-0.4, -0.2) is 29.3 Å². The number of nitrogens with zero attached hydrogens (tertiary/aromatic N) is 1. The third kappa shape index (κ3) is 2.49. The molecule has 94 valence electrons. The Balaban J connectivity index is 1.94. The largest absolute Gasteiger partial charge is 0.396 e. The van der Waals surface area contributed by atoms with Crippen molar-refractivity contribution in [1.82, 2.24) is 10.5 Å². The molecule has 0 atom stereocenters. The molecule has 1 aromatic heterocycles. The number of aromatic nitrogens is 1. The number of aliphatic hydroxyl groups is 1. The highest BCUT2D eigenvalue weighted by molar-refractivity contribution is 5.96. The van der Waals surface area contributed by atoms with Gasteiger partial charge in [-0.05, 0) is 38.5 Å². The predicted octanol–water partition coefficient (Wildman–Crippen LogP) is 1.18. The second kappa shape index (κ2) is 4.49. The molecule has 1 aromatic rings. The average Bonchev–Trinajstić information content (AvgIpc) is 2.97. The summed E-state index contributed by atoms with van der Waals surface area (Å²) in [6.07, 6.45) is 2.92. The fraction of sp³-hybridized carbons (Fsp3) is 0.667. The van der Waals surface area contributed by atoms with Crippen LogP contribution >= 0.6 is 0 Å². The number of hydrogen-bond donors (Lipinski definition) is 2. The number of aryl methyl sites for hydroxylation is 2. The molecule has 1 saturated carbocycles. The van der Waals surface area contributed by atoms with Crippen molar-refractivity contribution in [2.24, 2.45) is 5.41 Å². The maximum atomic E-state index is 12.0. The Morgan fingerprint density at radius 1 is 1.53 bits per heavy atom. The number of nitrogens with one attached hydrogen (secondary N) is 1. The Bertz CT molecular complexity index is 402. The maximum Gasteiger partial charge on any atom is 0.256 e. The van der Waals surface area contributed by atoms with Crippen LogP contribution in [0.2, 0.25) is 0 Å². The molecule has 1 amide bonds. The van der Waals surface area contributed by atoms with Crippen LogP contribution in [0.5, 0.6) is 0 Å². The molecule has 2 rings (SSSR count). The van der Waals surface area contributed by atoms with Crippen LogP contribution in [0.1, 0.15) is 41.1 Å². The van der Waals surface area contributed by atoms with Gasteiger partial charge in [-0.3, -0.25) is 4.79 Å². The topological polar surface area (TPSA) is 75.4 Å². The van der Waals surface area contributed by atoms with Crippen LogP contribution < -0.4 is 5.32 Å². The molecule has 5 heteroatoms. The second-order valence-electron chi connectivity index (χ2n) is 4.86. The molecule has 1 fully saturated rings. The molecule has 1 aliphatic carbocycles. The van der Waals surface area contributed by atoms with Crippen molar-refractivity contribution >= 4 is 5.91 Å². The summed E-state index contributed by atoms with van der Waals surface area (Å²) in [5, 5.41) is 15.6. The lowest BCUT2D eigenvalue weighted by atomic mass is 10.0. The average molecular weight is 238 g/mol. The van der Waals surface area contributed by atoms with Gasteiger partial charge in [0.2, 0.25) is 0 Å². The molecule has 0 aliphatic heterocycles. The molecule has 0 radical (unpaired) electrons. The van der Waals surface area contributed by atoms with Crippen LogP contribution in [0.3, 0.4) is 0 Å². The molecule has 0 unspecified atom stereocenters. The van der Waals surface area contributed by atoms with E-state index in [0.717, 1.165) is 19.3 Å². The van der Waals surface area contributed by atoms with Crippen molar-refractivity contribution < 1.29 is 14.4 Å². The van der Waals surface area contributed by atoms with Crippen molar-refractivity contribution in [2.75, 3.05) is 13.2 Å². The minimum Gasteiger partial charge on any atom is -0.396 e. The zero-order valence-corrected chi connectivity index (χ0v) is 10.2. The highest BCUT2D eigenvalue weighted by Gasteiger charge is 2.42. The number of carbonyl (C=O) groups is 1. The first-order valence-corrected chi connectivity index (χ1v) is 5.90. The summed E-state index contributed by atoms with van der Waals surface area (Å²) in [7, 11) is 0. The molecule has 0 saturated heterocycles. The fourth-order valence-electron chi connectivity index (χ4n) is 2.09. The van der Waals surface area contributed by atoms with Crippen LogP contribution in [0, 0.1) is 19.3 Å². The summed E-state index contributed by atoms with van der Waals surface area (Å²) in [5.41, 5.74) is 1.28.